The van der Waals surface area contributed by atoms with E-state index in [4.69, 9.17) is 14.2 Å². The number of amides is 2. The predicted molar refractivity (Wildman–Crippen MR) is 160 cm³/mol. The van der Waals surface area contributed by atoms with Crippen LogP contribution in [0.4, 0.5) is 48.5 Å². The number of benzene rings is 1. The summed E-state index contributed by atoms with van der Waals surface area (Å²) >= 11 is 0. The molecule has 1 saturated heterocycles. The Morgan fingerprint density at radius 2 is 1.75 bits per heavy atom. The smallest absolute Gasteiger partial charge is 0.416 e. The molecule has 4 heterocycles. The highest BCUT2D eigenvalue weighted by atomic mass is 19.4. The number of anilines is 3. The van der Waals surface area contributed by atoms with Crippen molar-refractivity contribution in [1.82, 2.24) is 15.0 Å². The van der Waals surface area contributed by atoms with Crippen molar-refractivity contribution in [2.45, 2.75) is 57.5 Å². The van der Waals surface area contributed by atoms with Crippen LogP contribution >= 0.6 is 0 Å². The van der Waals surface area contributed by atoms with Crippen LogP contribution < -0.4 is 19.9 Å². The fourth-order valence-electron chi connectivity index (χ4n) is 5.70. The molecular formula is C31H32F6N6O5. The number of rotatable bonds is 8. The minimum absolute atomic E-state index is 0.00465. The highest BCUT2D eigenvalue weighted by molar-refractivity contribution is 5.95. The Balaban J connectivity index is 1.58. The van der Waals surface area contributed by atoms with E-state index in [1.807, 2.05) is 6.92 Å². The number of carbonyl (C=O) groups is 2. The number of hydrogen-bond acceptors (Lipinski definition) is 9. The van der Waals surface area contributed by atoms with E-state index in [9.17, 15) is 35.9 Å². The fourth-order valence-corrected chi connectivity index (χ4v) is 5.70. The molecule has 2 atom stereocenters. The lowest BCUT2D eigenvalue weighted by Gasteiger charge is -2.39. The molecule has 0 unspecified atom stereocenters. The maximum absolute atomic E-state index is 13.7. The van der Waals surface area contributed by atoms with Gasteiger partial charge in [0.15, 0.2) is 0 Å². The third kappa shape index (κ3) is 7.40. The molecule has 0 bridgehead atoms. The summed E-state index contributed by atoms with van der Waals surface area (Å²) in [4.78, 5) is 42.0. The molecule has 3 aromatic rings. The highest BCUT2D eigenvalue weighted by Crippen LogP contribution is 2.41. The molecule has 1 aromatic carbocycles. The van der Waals surface area contributed by atoms with Crippen LogP contribution in [0, 0.1) is 0 Å². The first-order valence-corrected chi connectivity index (χ1v) is 15.0. The number of pyridine rings is 1. The Labute approximate surface area is 271 Å². The second-order valence-electron chi connectivity index (χ2n) is 11.0. The van der Waals surface area contributed by atoms with Gasteiger partial charge < -0.3 is 24.4 Å². The normalized spacial score (nSPS) is 18.4. The van der Waals surface area contributed by atoms with Gasteiger partial charge in [0.1, 0.15) is 6.61 Å². The van der Waals surface area contributed by atoms with E-state index in [1.165, 1.54) is 23.1 Å². The zero-order chi connectivity index (χ0) is 34.8. The standard InChI is InChI=1S/C31H32F6N6O5/c1-4-20-14-22(27-23(6-7-25(41-27)46-3)43(20)29(45)48-5-2)40-28-38-15-24(42-8-9-47-16-26(42)44)21(39-28)12-17-10-18(30(32,33)34)13-19(11-17)31(35,36)37/h6-7,10-11,13,15,20,22H,4-5,8-9,12,14,16H2,1-3H3,(H,38,39,40)/t20-,22+/m1/s1. The van der Waals surface area contributed by atoms with E-state index in [0.717, 1.165) is 0 Å². The maximum Gasteiger partial charge on any atom is 0.416 e. The highest BCUT2D eigenvalue weighted by Gasteiger charge is 2.39. The molecular weight excluding hydrogens is 650 g/mol. The largest absolute Gasteiger partial charge is 0.481 e. The summed E-state index contributed by atoms with van der Waals surface area (Å²) in [6, 6.07) is 3.60. The lowest BCUT2D eigenvalue weighted by atomic mass is 9.93. The molecule has 2 aliphatic heterocycles. The Kier molecular flexibility index (Phi) is 9.98. The number of hydrogen-bond donors (Lipinski definition) is 1. The van der Waals surface area contributed by atoms with Crippen LogP contribution in [-0.4, -0.2) is 66.5 Å². The van der Waals surface area contributed by atoms with Crippen molar-refractivity contribution in [2.75, 3.05) is 48.6 Å². The van der Waals surface area contributed by atoms with Crippen molar-refractivity contribution in [3.63, 3.8) is 0 Å². The first kappa shape index (κ1) is 34.7. The molecule has 2 aromatic heterocycles. The van der Waals surface area contributed by atoms with Gasteiger partial charge in [-0.3, -0.25) is 9.69 Å². The van der Waals surface area contributed by atoms with Crippen molar-refractivity contribution < 1.29 is 50.1 Å². The Morgan fingerprint density at radius 1 is 1.04 bits per heavy atom. The van der Waals surface area contributed by atoms with Crippen molar-refractivity contribution >= 4 is 29.3 Å². The first-order valence-electron chi connectivity index (χ1n) is 15.0. The van der Waals surface area contributed by atoms with Crippen molar-refractivity contribution in [1.29, 1.82) is 0 Å². The van der Waals surface area contributed by atoms with Crippen LogP contribution in [0.3, 0.4) is 0 Å². The van der Waals surface area contributed by atoms with Gasteiger partial charge in [0, 0.05) is 25.1 Å². The third-order valence-electron chi connectivity index (χ3n) is 7.93. The summed E-state index contributed by atoms with van der Waals surface area (Å²) in [6.45, 7) is 3.67. The van der Waals surface area contributed by atoms with E-state index < -0.39 is 47.9 Å². The monoisotopic (exact) mass is 682 g/mol. The molecule has 0 saturated carbocycles. The van der Waals surface area contributed by atoms with Crippen LogP contribution in [0.1, 0.15) is 60.8 Å². The van der Waals surface area contributed by atoms with Gasteiger partial charge >= 0.3 is 18.4 Å². The summed E-state index contributed by atoms with van der Waals surface area (Å²) in [5, 5.41) is 3.18. The molecule has 258 valence electrons. The SMILES string of the molecule is CCOC(=O)N1c2ccc(OC)nc2[C@@H](Nc2ncc(N3CCOCC3=O)c(Cc3cc(C(F)(F)F)cc(C(F)(F)F)c3)n2)C[C@H]1CC. The predicted octanol–water partition coefficient (Wildman–Crippen LogP) is 6.17. The Bertz CT molecular complexity index is 1640. The molecule has 2 aliphatic rings. The lowest BCUT2D eigenvalue weighted by molar-refractivity contribution is -0.143. The number of halogens is 6. The van der Waals surface area contributed by atoms with E-state index >= 15 is 0 Å². The molecule has 0 spiro atoms. The van der Waals surface area contributed by atoms with Crippen molar-refractivity contribution in [3.8, 4) is 5.88 Å². The van der Waals surface area contributed by atoms with Gasteiger partial charge in [-0.05, 0) is 49.6 Å². The number of carbonyl (C=O) groups excluding carboxylic acids is 2. The molecule has 2 amide bonds. The van der Waals surface area contributed by atoms with Crippen LogP contribution in [0.2, 0.25) is 0 Å². The number of ether oxygens (including phenoxy) is 3. The fraction of sp³-hybridized carbons (Fsp3) is 0.452. The first-order chi connectivity index (χ1) is 22.7. The average molecular weight is 683 g/mol. The summed E-state index contributed by atoms with van der Waals surface area (Å²) in [5.41, 5.74) is -2.30. The molecule has 0 radical (unpaired) electrons. The molecule has 1 N–H and O–H groups in total. The van der Waals surface area contributed by atoms with Crippen LogP contribution in [0.25, 0.3) is 0 Å². The minimum atomic E-state index is -5.05. The van der Waals surface area contributed by atoms with E-state index in [1.54, 1.807) is 19.1 Å². The quantitative estimate of drug-likeness (QED) is 0.278. The number of alkyl halides is 6. The molecule has 1 fully saturated rings. The van der Waals surface area contributed by atoms with Crippen molar-refractivity contribution in [3.05, 3.63) is 64.6 Å². The van der Waals surface area contributed by atoms with Crippen LogP contribution in [0.5, 0.6) is 5.88 Å². The van der Waals surface area contributed by atoms with Crippen LogP contribution in [0.15, 0.2) is 36.5 Å². The van der Waals surface area contributed by atoms with Crippen LogP contribution in [-0.2, 0) is 33.0 Å². The van der Waals surface area contributed by atoms with Gasteiger partial charge in [0.05, 0.1) is 66.5 Å². The van der Waals surface area contributed by atoms with E-state index in [2.05, 4.69) is 20.3 Å². The van der Waals surface area contributed by atoms with Crippen molar-refractivity contribution in [2.24, 2.45) is 0 Å². The van der Waals surface area contributed by atoms with Gasteiger partial charge in [0.2, 0.25) is 11.8 Å². The van der Waals surface area contributed by atoms with E-state index in [0.29, 0.717) is 36.4 Å². The topological polar surface area (TPSA) is 119 Å². The van der Waals surface area contributed by atoms with Gasteiger partial charge in [-0.15, -0.1) is 0 Å². The molecule has 48 heavy (non-hydrogen) atoms. The summed E-state index contributed by atoms with van der Waals surface area (Å²) < 4.78 is 97.7. The van der Waals surface area contributed by atoms with E-state index in [-0.39, 0.29) is 67.2 Å². The molecule has 0 aliphatic carbocycles. The summed E-state index contributed by atoms with van der Waals surface area (Å²) in [7, 11) is 1.43. The van der Waals surface area contributed by atoms with Gasteiger partial charge in [-0.1, -0.05) is 6.92 Å². The lowest BCUT2D eigenvalue weighted by Crippen LogP contribution is -2.46. The summed E-state index contributed by atoms with van der Waals surface area (Å²) in [6.07, 6.45) is -9.02. The number of fused-ring (bicyclic) bond motifs is 1. The third-order valence-corrected chi connectivity index (χ3v) is 7.93. The number of aromatic nitrogens is 3. The maximum atomic E-state index is 13.7. The minimum Gasteiger partial charge on any atom is -0.481 e. The number of methoxy groups -OCH3 is 1. The molecule has 17 heteroatoms. The molecule has 11 nitrogen and oxygen atoms in total. The average Bonchev–Trinajstić information content (AvgIpc) is 3.04. The summed E-state index contributed by atoms with van der Waals surface area (Å²) in [5.74, 6) is -0.251. The Morgan fingerprint density at radius 3 is 2.35 bits per heavy atom. The number of morpholine rings is 1. The van der Waals surface area contributed by atoms with Gasteiger partial charge in [-0.2, -0.15) is 26.3 Å². The van der Waals surface area contributed by atoms with Gasteiger partial charge in [-0.25, -0.2) is 19.7 Å². The second-order valence-corrected chi connectivity index (χ2v) is 11.0. The zero-order valence-corrected chi connectivity index (χ0v) is 26.1. The molecule has 5 rings (SSSR count). The number of nitrogens with one attached hydrogen (secondary N) is 1. The Hall–Kier alpha value is -4.67. The zero-order valence-electron chi connectivity index (χ0n) is 26.1. The van der Waals surface area contributed by atoms with Gasteiger partial charge in [0.25, 0.3) is 5.91 Å². The number of nitrogens with zero attached hydrogens (tertiary/aromatic N) is 5. The second kappa shape index (κ2) is 13.8.